The lowest BCUT2D eigenvalue weighted by atomic mass is 9.92. The lowest BCUT2D eigenvalue weighted by Gasteiger charge is -2.27. The molecule has 0 spiro atoms. The molecule has 1 heterocycles. The second-order valence-corrected chi connectivity index (χ2v) is 8.08. The van der Waals surface area contributed by atoms with Crippen LogP contribution in [0.4, 0.5) is 0 Å². The first-order valence-electron chi connectivity index (χ1n) is 10.5. The molecule has 170 valence electrons. The summed E-state index contributed by atoms with van der Waals surface area (Å²) in [4.78, 5) is 29.7. The summed E-state index contributed by atoms with van der Waals surface area (Å²) >= 11 is 0. The van der Waals surface area contributed by atoms with Crippen LogP contribution in [-0.2, 0) is 9.59 Å². The van der Waals surface area contributed by atoms with Crippen molar-refractivity contribution in [3.8, 4) is 11.5 Å². The van der Waals surface area contributed by atoms with Crippen molar-refractivity contribution >= 4 is 17.4 Å². The van der Waals surface area contributed by atoms with E-state index in [0.29, 0.717) is 30.0 Å². The van der Waals surface area contributed by atoms with Crippen LogP contribution in [0.25, 0.3) is 5.76 Å². The molecule has 1 aliphatic rings. The van der Waals surface area contributed by atoms with Gasteiger partial charge in [0.25, 0.3) is 11.7 Å². The summed E-state index contributed by atoms with van der Waals surface area (Å²) in [6.07, 6.45) is 0.707. The van der Waals surface area contributed by atoms with Gasteiger partial charge in [-0.1, -0.05) is 24.3 Å². The zero-order valence-electron chi connectivity index (χ0n) is 19.2. The van der Waals surface area contributed by atoms with Crippen molar-refractivity contribution in [2.75, 3.05) is 41.4 Å². The number of hydrogen-bond donors (Lipinski definition) is 1. The summed E-state index contributed by atoms with van der Waals surface area (Å²) < 4.78 is 10.6. The van der Waals surface area contributed by atoms with Gasteiger partial charge in [0.2, 0.25) is 0 Å². The van der Waals surface area contributed by atoms with E-state index >= 15 is 0 Å². The summed E-state index contributed by atoms with van der Waals surface area (Å²) in [5, 5.41) is 11.2. The Balaban J connectivity index is 2.14. The normalized spacial score (nSPS) is 17.8. The minimum absolute atomic E-state index is 0.0846. The maximum Gasteiger partial charge on any atom is 0.295 e. The Morgan fingerprint density at radius 1 is 1.06 bits per heavy atom. The number of aliphatic hydroxyl groups excluding tert-OH is 1. The Labute approximate surface area is 188 Å². The minimum atomic E-state index is -0.685. The van der Waals surface area contributed by atoms with E-state index in [4.69, 9.17) is 9.47 Å². The standard InChI is InChI=1S/C25H30N2O5/c1-16-9-6-7-10-18(16)22-21(24(29)25(30)27(22)14-8-13-26(2)3)23(28)17-11-12-19(31-4)20(15-17)32-5/h6-7,9-12,15,22,28H,8,13-14H2,1-5H3/b23-21+. The molecule has 1 atom stereocenters. The van der Waals surface area contributed by atoms with Gasteiger partial charge in [0.1, 0.15) is 5.76 Å². The number of likely N-dealkylation sites (tertiary alicyclic amines) is 1. The van der Waals surface area contributed by atoms with Gasteiger partial charge < -0.3 is 24.4 Å². The predicted octanol–water partition coefficient (Wildman–Crippen LogP) is 3.39. The molecule has 32 heavy (non-hydrogen) atoms. The van der Waals surface area contributed by atoms with Gasteiger partial charge in [-0.3, -0.25) is 9.59 Å². The quantitative estimate of drug-likeness (QED) is 0.387. The van der Waals surface area contributed by atoms with Crippen molar-refractivity contribution in [2.24, 2.45) is 0 Å². The number of Topliss-reactive ketones (excluding diaryl/α,β-unsaturated/α-hetero) is 1. The first kappa shape index (κ1) is 23.3. The number of carbonyl (C=O) groups is 2. The molecule has 1 unspecified atom stereocenters. The van der Waals surface area contributed by atoms with E-state index in [1.165, 1.54) is 14.2 Å². The van der Waals surface area contributed by atoms with Crippen LogP contribution in [-0.4, -0.2) is 68.0 Å². The Hall–Kier alpha value is -3.32. The van der Waals surface area contributed by atoms with Crippen LogP contribution in [0.5, 0.6) is 11.5 Å². The number of nitrogens with zero attached hydrogens (tertiary/aromatic N) is 2. The van der Waals surface area contributed by atoms with E-state index in [1.54, 1.807) is 23.1 Å². The molecule has 0 radical (unpaired) electrons. The SMILES string of the molecule is COc1ccc(/C(O)=C2\C(=O)C(=O)N(CCCN(C)C)C2c2ccccc2C)cc1OC. The average molecular weight is 439 g/mol. The highest BCUT2D eigenvalue weighted by atomic mass is 16.5. The fourth-order valence-corrected chi connectivity index (χ4v) is 4.02. The summed E-state index contributed by atoms with van der Waals surface area (Å²) in [6.45, 7) is 3.12. The van der Waals surface area contributed by atoms with Gasteiger partial charge in [-0.2, -0.15) is 0 Å². The van der Waals surface area contributed by atoms with E-state index in [9.17, 15) is 14.7 Å². The third kappa shape index (κ3) is 4.48. The average Bonchev–Trinajstić information content (AvgIpc) is 3.03. The number of aliphatic hydroxyl groups is 1. The molecular weight excluding hydrogens is 408 g/mol. The zero-order valence-corrected chi connectivity index (χ0v) is 19.2. The van der Waals surface area contributed by atoms with Gasteiger partial charge in [0.15, 0.2) is 11.5 Å². The first-order chi connectivity index (χ1) is 15.3. The molecule has 1 aliphatic heterocycles. The van der Waals surface area contributed by atoms with Gasteiger partial charge in [-0.15, -0.1) is 0 Å². The van der Waals surface area contributed by atoms with Crippen LogP contribution in [0.1, 0.15) is 29.2 Å². The molecule has 0 aliphatic carbocycles. The molecule has 2 aromatic rings. The summed E-state index contributed by atoms with van der Waals surface area (Å²) in [5.74, 6) is -0.588. The molecule has 7 nitrogen and oxygen atoms in total. The molecule has 1 saturated heterocycles. The van der Waals surface area contributed by atoms with Crippen molar-refractivity contribution in [3.05, 3.63) is 64.7 Å². The van der Waals surface area contributed by atoms with Gasteiger partial charge in [0, 0.05) is 12.1 Å². The van der Waals surface area contributed by atoms with Crippen LogP contribution in [0.15, 0.2) is 48.0 Å². The lowest BCUT2D eigenvalue weighted by molar-refractivity contribution is -0.139. The fourth-order valence-electron chi connectivity index (χ4n) is 4.02. The molecule has 7 heteroatoms. The smallest absolute Gasteiger partial charge is 0.295 e. The number of benzene rings is 2. The van der Waals surface area contributed by atoms with Crippen LogP contribution >= 0.6 is 0 Å². The summed E-state index contributed by atoms with van der Waals surface area (Å²) in [7, 11) is 6.95. The predicted molar refractivity (Wildman–Crippen MR) is 123 cm³/mol. The molecule has 0 aromatic heterocycles. The van der Waals surface area contributed by atoms with E-state index < -0.39 is 17.7 Å². The lowest BCUT2D eigenvalue weighted by Crippen LogP contribution is -2.32. The van der Waals surface area contributed by atoms with E-state index in [0.717, 1.165) is 17.7 Å². The number of ketones is 1. The summed E-state index contributed by atoms with van der Waals surface area (Å²) in [6, 6.07) is 11.9. The van der Waals surface area contributed by atoms with Crippen molar-refractivity contribution in [1.82, 2.24) is 9.80 Å². The van der Waals surface area contributed by atoms with Crippen molar-refractivity contribution in [1.29, 1.82) is 0 Å². The molecule has 2 aromatic carbocycles. The first-order valence-corrected chi connectivity index (χ1v) is 10.5. The highest BCUT2D eigenvalue weighted by molar-refractivity contribution is 6.46. The molecule has 3 rings (SSSR count). The topological polar surface area (TPSA) is 79.3 Å². The number of rotatable bonds is 8. The Kier molecular flexibility index (Phi) is 7.20. The van der Waals surface area contributed by atoms with Gasteiger partial charge in [0.05, 0.1) is 25.8 Å². The van der Waals surface area contributed by atoms with E-state index in [2.05, 4.69) is 0 Å². The van der Waals surface area contributed by atoms with Crippen LogP contribution in [0, 0.1) is 6.92 Å². The molecular formula is C25H30N2O5. The zero-order chi connectivity index (χ0) is 23.4. The maximum atomic E-state index is 13.1. The number of hydrogen-bond acceptors (Lipinski definition) is 6. The monoisotopic (exact) mass is 438 g/mol. The fraction of sp³-hybridized carbons (Fsp3) is 0.360. The van der Waals surface area contributed by atoms with Gasteiger partial charge >= 0.3 is 0 Å². The Bertz CT molecular complexity index is 1040. The molecule has 0 saturated carbocycles. The van der Waals surface area contributed by atoms with E-state index in [1.807, 2.05) is 50.2 Å². The van der Waals surface area contributed by atoms with Crippen molar-refractivity contribution < 1.29 is 24.2 Å². The number of methoxy groups -OCH3 is 2. The number of carbonyl (C=O) groups excluding carboxylic acids is 2. The molecule has 1 amide bonds. The second-order valence-electron chi connectivity index (χ2n) is 8.08. The molecule has 1 N–H and O–H groups in total. The summed E-state index contributed by atoms with van der Waals surface area (Å²) in [5.41, 5.74) is 2.22. The third-order valence-corrected chi connectivity index (χ3v) is 5.68. The van der Waals surface area contributed by atoms with Crippen LogP contribution < -0.4 is 9.47 Å². The Morgan fingerprint density at radius 3 is 2.38 bits per heavy atom. The third-order valence-electron chi connectivity index (χ3n) is 5.68. The van der Waals surface area contributed by atoms with Gasteiger partial charge in [-0.05, 0) is 63.3 Å². The second kappa shape index (κ2) is 9.87. The van der Waals surface area contributed by atoms with Crippen molar-refractivity contribution in [2.45, 2.75) is 19.4 Å². The van der Waals surface area contributed by atoms with Crippen molar-refractivity contribution in [3.63, 3.8) is 0 Å². The molecule has 0 bridgehead atoms. The highest BCUT2D eigenvalue weighted by Crippen LogP contribution is 2.41. The largest absolute Gasteiger partial charge is 0.507 e. The molecule has 1 fully saturated rings. The maximum absolute atomic E-state index is 13.1. The number of amides is 1. The number of aryl methyl sites for hydroxylation is 1. The van der Waals surface area contributed by atoms with Gasteiger partial charge in [-0.25, -0.2) is 0 Å². The Morgan fingerprint density at radius 2 is 1.75 bits per heavy atom. The van der Waals surface area contributed by atoms with E-state index in [-0.39, 0.29) is 11.3 Å². The van der Waals surface area contributed by atoms with Crippen LogP contribution in [0.2, 0.25) is 0 Å². The number of ether oxygens (including phenoxy) is 2. The van der Waals surface area contributed by atoms with Crippen LogP contribution in [0.3, 0.4) is 0 Å². The minimum Gasteiger partial charge on any atom is -0.507 e. The highest BCUT2D eigenvalue weighted by Gasteiger charge is 2.46.